The molecule has 1 N–H and O–H groups in total. The molecule has 4 nitrogen and oxygen atoms in total. The number of benzene rings is 2. The maximum Gasteiger partial charge on any atom is 0.335 e. The predicted octanol–water partition coefficient (Wildman–Crippen LogP) is 3.63. The zero-order valence-electron chi connectivity index (χ0n) is 13.4. The highest BCUT2D eigenvalue weighted by Crippen LogP contribution is 2.30. The number of aromatic carboxylic acids is 1. The van der Waals surface area contributed by atoms with E-state index in [9.17, 15) is 9.18 Å². The van der Waals surface area contributed by atoms with Crippen LogP contribution in [0.4, 0.5) is 4.39 Å². The summed E-state index contributed by atoms with van der Waals surface area (Å²) in [5.74, 6) is -0.728. The second-order valence-electron chi connectivity index (χ2n) is 5.21. The Balaban J connectivity index is 2.26. The second-order valence-corrected chi connectivity index (χ2v) is 5.21. The van der Waals surface area contributed by atoms with Gasteiger partial charge in [0, 0.05) is 5.56 Å². The molecule has 0 atom stereocenters. The van der Waals surface area contributed by atoms with Gasteiger partial charge in [0.05, 0.1) is 19.8 Å². The molecule has 2 rings (SSSR count). The second kappa shape index (κ2) is 7.13. The van der Waals surface area contributed by atoms with Gasteiger partial charge in [-0.2, -0.15) is 0 Å². The van der Waals surface area contributed by atoms with E-state index in [1.807, 2.05) is 6.92 Å². The van der Waals surface area contributed by atoms with E-state index in [-0.39, 0.29) is 11.3 Å². The highest BCUT2D eigenvalue weighted by molar-refractivity contribution is 5.87. The van der Waals surface area contributed by atoms with Gasteiger partial charge in [-0.3, -0.25) is 0 Å². The minimum atomic E-state index is -0.958. The summed E-state index contributed by atoms with van der Waals surface area (Å²) in [5, 5.41) is 8.99. The van der Waals surface area contributed by atoms with Gasteiger partial charge in [-0.1, -0.05) is 6.07 Å². The third-order valence-electron chi connectivity index (χ3n) is 3.84. The Labute approximate surface area is 134 Å². The van der Waals surface area contributed by atoms with Crippen LogP contribution in [0.1, 0.15) is 27.0 Å². The van der Waals surface area contributed by atoms with Gasteiger partial charge in [-0.05, 0) is 55.2 Å². The highest BCUT2D eigenvalue weighted by Gasteiger charge is 2.15. The lowest BCUT2D eigenvalue weighted by Gasteiger charge is -2.13. The van der Waals surface area contributed by atoms with Gasteiger partial charge in [0.25, 0.3) is 0 Å². The molecule has 0 fully saturated rings. The Kier molecular flexibility index (Phi) is 5.21. The molecule has 0 saturated heterocycles. The van der Waals surface area contributed by atoms with Crippen LogP contribution in [0.5, 0.6) is 11.5 Å². The number of carboxylic acid groups (broad SMARTS) is 1. The van der Waals surface area contributed by atoms with Gasteiger partial charge in [0.15, 0.2) is 11.6 Å². The number of rotatable bonds is 6. The summed E-state index contributed by atoms with van der Waals surface area (Å²) in [6.07, 6.45) is 1.01. The summed E-state index contributed by atoms with van der Waals surface area (Å²) in [6, 6.07) is 8.16. The molecule has 0 aliphatic heterocycles. The fourth-order valence-corrected chi connectivity index (χ4v) is 2.53. The number of methoxy groups -OCH3 is 2. The van der Waals surface area contributed by atoms with E-state index in [0.29, 0.717) is 24.2 Å². The molecule has 0 heterocycles. The van der Waals surface area contributed by atoms with Crippen LogP contribution in [0.15, 0.2) is 30.3 Å². The average molecular weight is 318 g/mol. The largest absolute Gasteiger partial charge is 0.496 e. The number of hydrogen-bond acceptors (Lipinski definition) is 3. The summed E-state index contributed by atoms with van der Waals surface area (Å²) in [4.78, 5) is 11.0. The Morgan fingerprint density at radius 3 is 2.30 bits per heavy atom. The van der Waals surface area contributed by atoms with Crippen LogP contribution in [-0.2, 0) is 12.8 Å². The fourth-order valence-electron chi connectivity index (χ4n) is 2.53. The minimum absolute atomic E-state index is 0.179. The zero-order valence-corrected chi connectivity index (χ0v) is 13.4. The van der Waals surface area contributed by atoms with Crippen LogP contribution in [-0.4, -0.2) is 25.3 Å². The Morgan fingerprint density at radius 2 is 1.74 bits per heavy atom. The Hall–Kier alpha value is -2.56. The van der Waals surface area contributed by atoms with Gasteiger partial charge in [0.1, 0.15) is 5.75 Å². The molecule has 0 saturated carbocycles. The molecular weight excluding hydrogens is 299 g/mol. The van der Waals surface area contributed by atoms with Crippen LogP contribution in [0.3, 0.4) is 0 Å². The first-order valence-corrected chi connectivity index (χ1v) is 7.20. The predicted molar refractivity (Wildman–Crippen MR) is 85.1 cm³/mol. The molecule has 5 heteroatoms. The van der Waals surface area contributed by atoms with E-state index in [1.165, 1.54) is 20.3 Å². The van der Waals surface area contributed by atoms with E-state index in [4.69, 9.17) is 14.6 Å². The number of carbonyl (C=O) groups is 1. The first-order valence-electron chi connectivity index (χ1n) is 7.20. The molecule has 0 aliphatic carbocycles. The summed E-state index contributed by atoms with van der Waals surface area (Å²) < 4.78 is 24.6. The lowest BCUT2D eigenvalue weighted by atomic mass is 9.98. The van der Waals surface area contributed by atoms with Crippen molar-refractivity contribution in [1.29, 1.82) is 0 Å². The molecule has 0 bridgehead atoms. The Morgan fingerprint density at radius 1 is 1.09 bits per heavy atom. The lowest BCUT2D eigenvalue weighted by molar-refractivity contribution is 0.0696. The van der Waals surface area contributed by atoms with Gasteiger partial charge in [-0.25, -0.2) is 9.18 Å². The van der Waals surface area contributed by atoms with E-state index < -0.39 is 11.8 Å². The van der Waals surface area contributed by atoms with Gasteiger partial charge < -0.3 is 14.6 Å². The standard InChI is InChI=1S/C18H19FO4/c1-11-10-13(18(20)21)5-4-12(11)6-7-14-15(22-2)8-9-16(23-3)17(14)19/h4-5,8-10H,6-7H2,1-3H3,(H,20,21). The molecule has 122 valence electrons. The van der Waals surface area contributed by atoms with E-state index in [1.54, 1.807) is 24.3 Å². The van der Waals surface area contributed by atoms with Gasteiger partial charge in [0.2, 0.25) is 0 Å². The molecule has 0 unspecified atom stereocenters. The smallest absolute Gasteiger partial charge is 0.335 e. The normalized spacial score (nSPS) is 10.4. The van der Waals surface area contributed by atoms with Crippen molar-refractivity contribution in [1.82, 2.24) is 0 Å². The van der Waals surface area contributed by atoms with E-state index in [2.05, 4.69) is 0 Å². The van der Waals surface area contributed by atoms with E-state index in [0.717, 1.165) is 11.1 Å². The number of aryl methyl sites for hydroxylation is 2. The van der Waals surface area contributed by atoms with Crippen molar-refractivity contribution in [3.63, 3.8) is 0 Å². The van der Waals surface area contributed by atoms with Crippen LogP contribution >= 0.6 is 0 Å². The summed E-state index contributed by atoms with van der Waals surface area (Å²) in [7, 11) is 2.92. The molecule has 2 aromatic carbocycles. The van der Waals surface area contributed by atoms with Crippen LogP contribution in [0, 0.1) is 12.7 Å². The van der Waals surface area contributed by atoms with Gasteiger partial charge in [-0.15, -0.1) is 0 Å². The number of ether oxygens (including phenoxy) is 2. The molecule has 0 aromatic heterocycles. The van der Waals surface area contributed by atoms with Crippen molar-refractivity contribution in [2.45, 2.75) is 19.8 Å². The van der Waals surface area contributed by atoms with Crippen molar-refractivity contribution in [2.75, 3.05) is 14.2 Å². The van der Waals surface area contributed by atoms with Crippen molar-refractivity contribution in [2.24, 2.45) is 0 Å². The van der Waals surface area contributed by atoms with Crippen molar-refractivity contribution >= 4 is 5.97 Å². The van der Waals surface area contributed by atoms with Gasteiger partial charge >= 0.3 is 5.97 Å². The maximum absolute atomic E-state index is 14.4. The van der Waals surface area contributed by atoms with Crippen LogP contribution in [0.25, 0.3) is 0 Å². The average Bonchev–Trinajstić information content (AvgIpc) is 2.54. The number of hydrogen-bond donors (Lipinski definition) is 1. The monoisotopic (exact) mass is 318 g/mol. The first-order chi connectivity index (χ1) is 11.0. The van der Waals surface area contributed by atoms with Crippen molar-refractivity contribution < 1.29 is 23.8 Å². The molecule has 0 amide bonds. The number of halogens is 1. The topological polar surface area (TPSA) is 55.8 Å². The SMILES string of the molecule is COc1ccc(OC)c(CCc2ccc(C(=O)O)cc2C)c1F. The summed E-state index contributed by atoms with van der Waals surface area (Å²) >= 11 is 0. The maximum atomic E-state index is 14.4. The van der Waals surface area contributed by atoms with Crippen molar-refractivity contribution in [3.05, 3.63) is 58.4 Å². The van der Waals surface area contributed by atoms with Crippen molar-refractivity contribution in [3.8, 4) is 11.5 Å². The highest BCUT2D eigenvalue weighted by atomic mass is 19.1. The summed E-state index contributed by atoms with van der Waals surface area (Å²) in [5.41, 5.74) is 2.54. The fraction of sp³-hybridized carbons (Fsp3) is 0.278. The quantitative estimate of drug-likeness (QED) is 0.883. The minimum Gasteiger partial charge on any atom is -0.496 e. The molecule has 0 aliphatic rings. The molecule has 2 aromatic rings. The molecule has 0 radical (unpaired) electrons. The first kappa shape index (κ1) is 16.8. The van der Waals surface area contributed by atoms with E-state index >= 15 is 0 Å². The Bertz CT molecular complexity index is 725. The lowest BCUT2D eigenvalue weighted by Crippen LogP contribution is -2.03. The molecular formula is C18H19FO4. The third kappa shape index (κ3) is 3.62. The molecule has 0 spiro atoms. The molecule has 23 heavy (non-hydrogen) atoms. The van der Waals surface area contributed by atoms with Crippen LogP contribution < -0.4 is 9.47 Å². The third-order valence-corrected chi connectivity index (χ3v) is 3.84. The van der Waals surface area contributed by atoms with Crippen LogP contribution in [0.2, 0.25) is 0 Å². The number of carboxylic acids is 1. The summed E-state index contributed by atoms with van der Waals surface area (Å²) in [6.45, 7) is 1.85. The zero-order chi connectivity index (χ0) is 17.0.